The Hall–Kier alpha value is -7.21. The number of nitrogens with zero attached hydrogens (tertiary/aromatic N) is 1. The molecule has 408 valence electrons. The minimum atomic E-state index is -1.89. The van der Waals surface area contributed by atoms with Crippen LogP contribution in [0, 0.1) is 5.92 Å². The lowest BCUT2D eigenvalue weighted by molar-refractivity contribution is -0.142. The number of guanidine groups is 1. The third-order valence-electron chi connectivity index (χ3n) is 10.8. The fourth-order valence-electron chi connectivity index (χ4n) is 6.51. The predicted molar refractivity (Wildman–Crippen MR) is 259 cm³/mol. The Kier molecular flexibility index (Phi) is 30.7. The molecule has 0 aliphatic heterocycles. The van der Waals surface area contributed by atoms with Gasteiger partial charge in [-0.3, -0.25) is 62.5 Å². The van der Waals surface area contributed by atoms with Crippen LogP contribution in [0.3, 0.4) is 0 Å². The average molecular weight is 1030 g/mol. The minimum Gasteiger partial charge on any atom is -0.480 e. The number of aliphatic carboxylic acids is 1. The first-order valence-corrected chi connectivity index (χ1v) is 23.4. The fourth-order valence-corrected chi connectivity index (χ4v) is 6.51. The molecule has 0 bridgehead atoms. The molecule has 0 aromatic rings. The third-order valence-corrected chi connectivity index (χ3v) is 10.8. The summed E-state index contributed by atoms with van der Waals surface area (Å²) in [5, 5.41) is 28.2. The van der Waals surface area contributed by atoms with Crippen LogP contribution in [-0.2, 0) is 57.5 Å². The molecule has 0 fully saturated rings. The largest absolute Gasteiger partial charge is 0.480 e. The quantitative estimate of drug-likeness (QED) is 0.0156. The summed E-state index contributed by atoms with van der Waals surface area (Å²) < 4.78 is 0. The zero-order valence-electron chi connectivity index (χ0n) is 41.3. The van der Waals surface area contributed by atoms with E-state index in [-0.39, 0.29) is 57.7 Å². The van der Waals surface area contributed by atoms with Gasteiger partial charge in [0.15, 0.2) is 5.96 Å². The molecule has 30 heteroatoms. The first kappa shape index (κ1) is 64.8. The van der Waals surface area contributed by atoms with E-state index >= 15 is 0 Å². The molecule has 11 amide bonds. The predicted octanol–water partition coefficient (Wildman–Crippen LogP) is -7.70. The highest BCUT2D eigenvalue weighted by molar-refractivity contribution is 6.00. The van der Waals surface area contributed by atoms with Crippen LogP contribution in [-0.4, -0.2) is 156 Å². The monoisotopic (exact) mass is 1030 g/mol. The van der Waals surface area contributed by atoms with Gasteiger partial charge in [-0.2, -0.15) is 0 Å². The van der Waals surface area contributed by atoms with Gasteiger partial charge in [0.2, 0.25) is 65.0 Å². The van der Waals surface area contributed by atoms with Crippen molar-refractivity contribution >= 4 is 76.9 Å². The molecule has 25 N–H and O–H groups in total. The number of nitrogens with one attached hydrogen (secondary N) is 8. The Labute approximate surface area is 416 Å². The molecular formula is C42H77N17O13. The summed E-state index contributed by atoms with van der Waals surface area (Å²) in [5.74, 6) is -13.6. The molecular weight excluding hydrogens is 951 g/mol. The summed E-state index contributed by atoms with van der Waals surface area (Å²) >= 11 is 0. The highest BCUT2D eigenvalue weighted by Gasteiger charge is 2.36. The van der Waals surface area contributed by atoms with Gasteiger partial charge in [0, 0.05) is 6.54 Å². The van der Waals surface area contributed by atoms with E-state index in [1.807, 2.05) is 0 Å². The van der Waals surface area contributed by atoms with Crippen LogP contribution < -0.4 is 88.4 Å². The molecule has 30 nitrogen and oxygen atoms in total. The van der Waals surface area contributed by atoms with Crippen molar-refractivity contribution in [3.05, 3.63) is 0 Å². The van der Waals surface area contributed by atoms with Crippen LogP contribution >= 0.6 is 0 Å². The van der Waals surface area contributed by atoms with E-state index in [4.69, 9.17) is 45.9 Å². The summed E-state index contributed by atoms with van der Waals surface area (Å²) in [6.07, 6.45) is -1.09. The van der Waals surface area contributed by atoms with Crippen LogP contribution in [0.25, 0.3) is 0 Å². The van der Waals surface area contributed by atoms with E-state index < -0.39 is 151 Å². The van der Waals surface area contributed by atoms with Gasteiger partial charge in [-0.05, 0) is 84.2 Å². The summed E-state index contributed by atoms with van der Waals surface area (Å²) in [7, 11) is 0. The van der Waals surface area contributed by atoms with E-state index in [0.717, 1.165) is 0 Å². The Morgan fingerprint density at radius 2 is 0.792 bits per heavy atom. The van der Waals surface area contributed by atoms with Gasteiger partial charge in [0.1, 0.15) is 48.3 Å². The van der Waals surface area contributed by atoms with Crippen molar-refractivity contribution in [1.29, 1.82) is 0 Å². The number of amides is 11. The molecule has 0 rings (SSSR count). The Balaban J connectivity index is 6.83. The Bertz CT molecular complexity index is 1920. The second-order valence-electron chi connectivity index (χ2n) is 17.1. The smallest absolute Gasteiger partial charge is 0.325 e. The van der Waals surface area contributed by atoms with Crippen molar-refractivity contribution in [2.45, 2.75) is 159 Å². The molecule has 10 atom stereocenters. The number of primary amides is 3. The topological polar surface area (TPSA) is 542 Å². The highest BCUT2D eigenvalue weighted by atomic mass is 16.4. The van der Waals surface area contributed by atoms with E-state index in [9.17, 15) is 62.6 Å². The lowest BCUT2D eigenvalue weighted by Gasteiger charge is -2.28. The zero-order valence-corrected chi connectivity index (χ0v) is 41.3. The molecule has 0 heterocycles. The molecule has 0 radical (unpaired) electrons. The zero-order chi connectivity index (χ0) is 55.2. The standard InChI is InChI=1S/C42H77N17O13/c1-5-20(2)32(40(70)52-22(4)41(71)72)59-39(69)28(19-31(48)62)58-38(68)27(18-30(47)61)57-35(65)24(12-7-9-15-44)55-37(67)26(17-29(46)60)56-36(66)25(13-10-16-51-42(49)50)54-34(64)23(11-6-8-14-43)53-33(63)21(3)45/h20-28,32H,5-19,43-45H2,1-4H3,(H2,46,60)(H2,47,61)(H2,48,62)(H,52,70)(H,53,63)(H,54,64)(H,55,67)(H,56,66)(H,57,65)(H,58,68)(H,59,69)(H,71,72)(H4,49,50,51). The van der Waals surface area contributed by atoms with Crippen LogP contribution in [0.2, 0.25) is 0 Å². The number of unbranched alkanes of at least 4 members (excludes halogenated alkanes) is 2. The maximum atomic E-state index is 14.0. The number of nitrogens with two attached hydrogens (primary N) is 8. The summed E-state index contributed by atoms with van der Waals surface area (Å²) in [4.78, 5) is 160. The van der Waals surface area contributed by atoms with Crippen molar-refractivity contribution in [2.75, 3.05) is 19.6 Å². The van der Waals surface area contributed by atoms with Gasteiger partial charge < -0.3 is 93.5 Å². The van der Waals surface area contributed by atoms with E-state index in [1.165, 1.54) is 13.8 Å². The van der Waals surface area contributed by atoms with Crippen LogP contribution in [0.1, 0.15) is 105 Å². The van der Waals surface area contributed by atoms with Crippen LogP contribution in [0.4, 0.5) is 0 Å². The summed E-state index contributed by atoms with van der Waals surface area (Å²) in [6.45, 7) is 6.24. The van der Waals surface area contributed by atoms with Crippen molar-refractivity contribution in [3.63, 3.8) is 0 Å². The third kappa shape index (κ3) is 26.1. The highest BCUT2D eigenvalue weighted by Crippen LogP contribution is 2.11. The number of aliphatic imine (C=N–C) groups is 1. The van der Waals surface area contributed by atoms with E-state index in [1.54, 1.807) is 13.8 Å². The number of carbonyl (C=O) groups is 12. The molecule has 0 aliphatic rings. The lowest BCUT2D eigenvalue weighted by Crippen LogP contribution is -2.61. The fraction of sp³-hybridized carbons (Fsp3) is 0.690. The lowest BCUT2D eigenvalue weighted by atomic mass is 9.97. The van der Waals surface area contributed by atoms with Gasteiger partial charge in [0.25, 0.3) is 0 Å². The van der Waals surface area contributed by atoms with Gasteiger partial charge in [0.05, 0.1) is 25.3 Å². The van der Waals surface area contributed by atoms with Crippen molar-refractivity contribution in [3.8, 4) is 0 Å². The Morgan fingerprint density at radius 3 is 1.11 bits per heavy atom. The number of carbonyl (C=O) groups excluding carboxylic acids is 11. The van der Waals surface area contributed by atoms with Gasteiger partial charge >= 0.3 is 5.97 Å². The van der Waals surface area contributed by atoms with E-state index in [0.29, 0.717) is 25.7 Å². The molecule has 0 spiro atoms. The molecule has 10 unspecified atom stereocenters. The Morgan fingerprint density at radius 1 is 0.458 bits per heavy atom. The van der Waals surface area contributed by atoms with Crippen LogP contribution in [0.15, 0.2) is 4.99 Å². The number of hydrogen-bond donors (Lipinski definition) is 17. The van der Waals surface area contributed by atoms with E-state index in [2.05, 4.69) is 47.5 Å². The average Bonchev–Trinajstić information content (AvgIpc) is 3.28. The normalized spacial score (nSPS) is 15.0. The van der Waals surface area contributed by atoms with Gasteiger partial charge in [-0.1, -0.05) is 20.3 Å². The molecule has 0 aliphatic carbocycles. The second kappa shape index (κ2) is 34.2. The minimum absolute atomic E-state index is 0.00506. The van der Waals surface area contributed by atoms with Gasteiger partial charge in [-0.25, -0.2) is 0 Å². The number of rotatable bonds is 37. The molecule has 72 heavy (non-hydrogen) atoms. The van der Waals surface area contributed by atoms with Crippen molar-refractivity contribution in [2.24, 2.45) is 56.8 Å². The number of carboxylic acids is 1. The second-order valence-corrected chi connectivity index (χ2v) is 17.1. The molecule has 0 aromatic carbocycles. The summed E-state index contributed by atoms with van der Waals surface area (Å²) in [6, 6.07) is -13.5. The SMILES string of the molecule is CCC(C)C(NC(=O)C(CC(N)=O)NC(=O)C(CC(N)=O)NC(=O)C(CCCCN)NC(=O)C(CC(N)=O)NC(=O)C(CCCN=C(N)N)NC(=O)C(CCCCN)NC(=O)C(C)N)C(=O)NC(C)C(=O)O. The first-order valence-electron chi connectivity index (χ1n) is 23.4. The first-order chi connectivity index (χ1) is 33.7. The molecule has 0 saturated carbocycles. The van der Waals surface area contributed by atoms with Gasteiger partial charge in [-0.15, -0.1) is 0 Å². The summed E-state index contributed by atoms with van der Waals surface area (Å²) in [5.41, 5.74) is 44.0. The van der Waals surface area contributed by atoms with Crippen molar-refractivity contribution < 1.29 is 62.6 Å². The van der Waals surface area contributed by atoms with Crippen LogP contribution in [0.5, 0.6) is 0 Å². The number of hydrogen-bond acceptors (Lipinski definition) is 16. The molecule has 0 saturated heterocycles. The molecule has 0 aromatic heterocycles. The maximum Gasteiger partial charge on any atom is 0.325 e. The van der Waals surface area contributed by atoms with Crippen molar-refractivity contribution in [1.82, 2.24) is 42.5 Å². The maximum absolute atomic E-state index is 14.0. The number of carboxylic acid groups (broad SMARTS) is 1.